The molecule has 0 aliphatic heterocycles. The van der Waals surface area contributed by atoms with Gasteiger partial charge in [-0.2, -0.15) is 0 Å². The fourth-order valence-electron chi connectivity index (χ4n) is 4.18. The van der Waals surface area contributed by atoms with Gasteiger partial charge in [0.2, 0.25) is 0 Å². The second kappa shape index (κ2) is 6.50. The molecule has 0 bridgehead atoms. The molecule has 0 N–H and O–H groups in total. The summed E-state index contributed by atoms with van der Waals surface area (Å²) in [6, 6.07) is 0. The third-order valence-electron chi connectivity index (χ3n) is 5.29. The van der Waals surface area contributed by atoms with Crippen LogP contribution in [0.4, 0.5) is 0 Å². The van der Waals surface area contributed by atoms with E-state index in [2.05, 4.69) is 24.0 Å². The van der Waals surface area contributed by atoms with Gasteiger partial charge in [0, 0.05) is 16.6 Å². The highest BCUT2D eigenvalue weighted by Crippen LogP contribution is 2.68. The minimum absolute atomic E-state index is 0.327. The monoisotopic (exact) mass is 290 g/mol. The molecule has 110 valence electrons. The number of hydrogen-bond acceptors (Lipinski definition) is 1. The predicted molar refractivity (Wildman–Crippen MR) is 86.7 cm³/mol. The third-order valence-corrected chi connectivity index (χ3v) is 9.50. The van der Waals surface area contributed by atoms with Gasteiger partial charge >= 0.3 is 0 Å². The van der Waals surface area contributed by atoms with Gasteiger partial charge in [0.15, 0.2) is 0 Å². The lowest BCUT2D eigenvalue weighted by atomic mass is 10.0. The SMILES string of the molecule is O=P(C1=C=CCCC1)(C1C=CCCC1)C1CCCCC1. The van der Waals surface area contributed by atoms with E-state index in [1.807, 2.05) is 0 Å². The molecular formula is C18H27OP. The summed E-state index contributed by atoms with van der Waals surface area (Å²) in [6.45, 7) is 0. The molecule has 0 aromatic heterocycles. The first-order valence-electron chi connectivity index (χ1n) is 8.52. The zero-order valence-electron chi connectivity index (χ0n) is 12.5. The molecule has 3 aliphatic rings. The second-order valence-electron chi connectivity index (χ2n) is 6.61. The molecule has 2 heteroatoms. The second-order valence-corrected chi connectivity index (χ2v) is 9.97. The lowest BCUT2D eigenvalue weighted by molar-refractivity contribution is 0.478. The van der Waals surface area contributed by atoms with Crippen LogP contribution in [0, 0.1) is 0 Å². The van der Waals surface area contributed by atoms with Gasteiger partial charge in [0.1, 0.15) is 7.14 Å². The van der Waals surface area contributed by atoms with E-state index in [1.165, 1.54) is 56.7 Å². The topological polar surface area (TPSA) is 17.1 Å². The highest BCUT2D eigenvalue weighted by molar-refractivity contribution is 7.69. The zero-order valence-corrected chi connectivity index (χ0v) is 13.4. The summed E-state index contributed by atoms with van der Waals surface area (Å²) in [5, 5.41) is 1.22. The van der Waals surface area contributed by atoms with E-state index in [-0.39, 0.29) is 0 Å². The molecule has 0 radical (unpaired) electrons. The van der Waals surface area contributed by atoms with Crippen LogP contribution in [0.1, 0.15) is 70.6 Å². The van der Waals surface area contributed by atoms with Crippen LogP contribution in [0.3, 0.4) is 0 Å². The minimum Gasteiger partial charge on any atom is -0.317 e. The van der Waals surface area contributed by atoms with Crippen molar-refractivity contribution >= 4 is 7.14 Å². The van der Waals surface area contributed by atoms with Crippen molar-refractivity contribution in [2.24, 2.45) is 0 Å². The summed E-state index contributed by atoms with van der Waals surface area (Å²) in [5.74, 6) is 0. The highest BCUT2D eigenvalue weighted by atomic mass is 31.2. The van der Waals surface area contributed by atoms with Crippen LogP contribution >= 0.6 is 7.14 Å². The first-order valence-corrected chi connectivity index (χ1v) is 10.4. The average Bonchev–Trinajstić information content (AvgIpc) is 2.56. The Bertz CT molecular complexity index is 476. The molecule has 20 heavy (non-hydrogen) atoms. The van der Waals surface area contributed by atoms with Crippen LogP contribution in [-0.4, -0.2) is 11.3 Å². The molecule has 0 aromatic rings. The third kappa shape index (κ3) is 2.76. The molecule has 3 aliphatic carbocycles. The van der Waals surface area contributed by atoms with Gasteiger partial charge in [-0.05, 0) is 57.4 Å². The maximum Gasteiger partial charge on any atom is 0.128 e. The number of rotatable bonds is 3. The Labute approximate surface area is 123 Å². The highest BCUT2D eigenvalue weighted by Gasteiger charge is 2.42. The maximum atomic E-state index is 14.1. The molecule has 2 unspecified atom stereocenters. The fraction of sp³-hybridized carbons (Fsp3) is 0.722. The van der Waals surface area contributed by atoms with Gasteiger partial charge in [0.05, 0.1) is 0 Å². The van der Waals surface area contributed by atoms with E-state index in [9.17, 15) is 4.57 Å². The van der Waals surface area contributed by atoms with E-state index < -0.39 is 7.14 Å². The first-order chi connectivity index (χ1) is 9.82. The van der Waals surface area contributed by atoms with Crippen molar-refractivity contribution in [2.75, 3.05) is 0 Å². The number of allylic oxidation sites excluding steroid dienone is 3. The van der Waals surface area contributed by atoms with Gasteiger partial charge in [-0.3, -0.25) is 0 Å². The Morgan fingerprint density at radius 1 is 1.00 bits per heavy atom. The predicted octanol–water partition coefficient (Wildman–Crippen LogP) is 6.01. The molecule has 0 aromatic carbocycles. The lowest BCUT2D eigenvalue weighted by Gasteiger charge is -2.37. The Morgan fingerprint density at radius 2 is 1.85 bits per heavy atom. The quantitative estimate of drug-likeness (QED) is 0.353. The summed E-state index contributed by atoms with van der Waals surface area (Å²) in [7, 11) is -2.26. The summed E-state index contributed by atoms with van der Waals surface area (Å²) in [6.07, 6.45) is 19.8. The van der Waals surface area contributed by atoms with E-state index in [0.717, 1.165) is 19.3 Å². The van der Waals surface area contributed by atoms with Crippen molar-refractivity contribution < 1.29 is 4.57 Å². The van der Waals surface area contributed by atoms with Crippen molar-refractivity contribution in [1.82, 2.24) is 0 Å². The van der Waals surface area contributed by atoms with E-state index in [0.29, 0.717) is 11.3 Å². The smallest absolute Gasteiger partial charge is 0.128 e. The van der Waals surface area contributed by atoms with Crippen LogP contribution in [0.25, 0.3) is 0 Å². The summed E-state index contributed by atoms with van der Waals surface area (Å²) in [4.78, 5) is 0. The van der Waals surface area contributed by atoms with Crippen LogP contribution in [0.2, 0.25) is 0 Å². The van der Waals surface area contributed by atoms with E-state index >= 15 is 0 Å². The Balaban J connectivity index is 1.96. The molecule has 0 spiro atoms. The molecule has 1 fully saturated rings. The van der Waals surface area contributed by atoms with Gasteiger partial charge in [-0.25, -0.2) is 0 Å². The average molecular weight is 290 g/mol. The van der Waals surface area contributed by atoms with Crippen LogP contribution in [-0.2, 0) is 4.57 Å². The van der Waals surface area contributed by atoms with E-state index in [1.54, 1.807) is 0 Å². The summed E-state index contributed by atoms with van der Waals surface area (Å²) < 4.78 is 14.1. The van der Waals surface area contributed by atoms with Gasteiger partial charge in [0.25, 0.3) is 0 Å². The molecule has 1 nitrogen and oxygen atoms in total. The van der Waals surface area contributed by atoms with Crippen molar-refractivity contribution in [3.05, 3.63) is 29.3 Å². The summed E-state index contributed by atoms with van der Waals surface area (Å²) >= 11 is 0. The first kappa shape index (κ1) is 14.4. The lowest BCUT2D eigenvalue weighted by Crippen LogP contribution is -2.22. The molecule has 0 amide bonds. The Morgan fingerprint density at radius 3 is 2.50 bits per heavy atom. The van der Waals surface area contributed by atoms with Crippen molar-refractivity contribution in [3.8, 4) is 0 Å². The molecule has 0 heterocycles. The van der Waals surface area contributed by atoms with Crippen molar-refractivity contribution in [3.63, 3.8) is 0 Å². The molecule has 1 saturated carbocycles. The normalized spacial score (nSPS) is 30.8. The van der Waals surface area contributed by atoms with Gasteiger partial charge < -0.3 is 4.57 Å². The van der Waals surface area contributed by atoms with Gasteiger partial charge in [-0.15, -0.1) is 5.73 Å². The van der Waals surface area contributed by atoms with Crippen LogP contribution in [0.5, 0.6) is 0 Å². The minimum atomic E-state index is -2.26. The van der Waals surface area contributed by atoms with Crippen molar-refractivity contribution in [1.29, 1.82) is 0 Å². The molecule has 2 atom stereocenters. The number of hydrogen-bond donors (Lipinski definition) is 0. The largest absolute Gasteiger partial charge is 0.317 e. The van der Waals surface area contributed by atoms with Crippen LogP contribution < -0.4 is 0 Å². The van der Waals surface area contributed by atoms with Crippen molar-refractivity contribution in [2.45, 2.75) is 81.9 Å². The molecular weight excluding hydrogens is 263 g/mol. The zero-order chi connectivity index (χ0) is 13.8. The maximum absolute atomic E-state index is 14.1. The molecule has 3 rings (SSSR count). The van der Waals surface area contributed by atoms with Gasteiger partial charge in [-0.1, -0.05) is 31.4 Å². The van der Waals surface area contributed by atoms with E-state index in [4.69, 9.17) is 0 Å². The fourth-order valence-corrected chi connectivity index (χ4v) is 8.44. The molecule has 0 saturated heterocycles. The summed E-state index contributed by atoms with van der Waals surface area (Å²) in [5.41, 5.74) is 4.23. The standard InChI is InChI=1S/C18H27OP/c19-20(16-10-4-1-5-11-16,17-12-6-2-7-13-17)18-14-8-3-9-15-18/h4,6,10,16,18H,1-3,5,7-9,11,13-15H2. The Kier molecular flexibility index (Phi) is 4.69. The Hall–Kier alpha value is -0.510. The van der Waals surface area contributed by atoms with Crippen LogP contribution in [0.15, 0.2) is 29.3 Å².